The van der Waals surface area contributed by atoms with E-state index in [4.69, 9.17) is 0 Å². The molecule has 0 saturated carbocycles. The van der Waals surface area contributed by atoms with Gasteiger partial charge in [0.05, 0.1) is 5.52 Å². The van der Waals surface area contributed by atoms with Crippen LogP contribution >= 0.6 is 0 Å². The normalized spacial score (nSPS) is 10.8. The molecule has 0 aliphatic rings. The standard InChI is InChI=1S/C14H15NO/c1-8-5-6-9(2)14-13(8)12(11(4)16)7-10(3)15-14/h5-7H,1-4H3. The highest BCUT2D eigenvalue weighted by molar-refractivity contribution is 6.07. The molecule has 0 unspecified atom stereocenters. The molecule has 2 nitrogen and oxygen atoms in total. The fourth-order valence-electron chi connectivity index (χ4n) is 2.05. The molecule has 0 aliphatic heterocycles. The first-order valence-corrected chi connectivity index (χ1v) is 5.39. The summed E-state index contributed by atoms with van der Waals surface area (Å²) in [6.45, 7) is 7.58. The van der Waals surface area contributed by atoms with Crippen molar-refractivity contribution in [1.82, 2.24) is 4.98 Å². The van der Waals surface area contributed by atoms with Crippen LogP contribution in [0.1, 0.15) is 34.1 Å². The molecule has 82 valence electrons. The summed E-state index contributed by atoms with van der Waals surface area (Å²) in [4.78, 5) is 16.2. The van der Waals surface area contributed by atoms with E-state index in [0.717, 1.165) is 33.3 Å². The van der Waals surface area contributed by atoms with Crippen LogP contribution in [0.2, 0.25) is 0 Å². The van der Waals surface area contributed by atoms with E-state index >= 15 is 0 Å². The maximum atomic E-state index is 11.6. The Balaban J connectivity index is 3.00. The predicted molar refractivity (Wildman–Crippen MR) is 66.0 cm³/mol. The van der Waals surface area contributed by atoms with Crippen molar-refractivity contribution in [3.05, 3.63) is 40.6 Å². The zero-order chi connectivity index (χ0) is 11.9. The van der Waals surface area contributed by atoms with Crippen LogP contribution < -0.4 is 0 Å². The van der Waals surface area contributed by atoms with Gasteiger partial charge in [-0.25, -0.2) is 0 Å². The van der Waals surface area contributed by atoms with Crippen molar-refractivity contribution >= 4 is 16.7 Å². The summed E-state index contributed by atoms with van der Waals surface area (Å²) in [5, 5.41) is 0.998. The average molecular weight is 213 g/mol. The number of fused-ring (bicyclic) bond motifs is 1. The van der Waals surface area contributed by atoms with Crippen LogP contribution in [0, 0.1) is 20.8 Å². The van der Waals surface area contributed by atoms with Gasteiger partial charge >= 0.3 is 0 Å². The van der Waals surface area contributed by atoms with Crippen molar-refractivity contribution in [1.29, 1.82) is 0 Å². The minimum Gasteiger partial charge on any atom is -0.294 e. The minimum atomic E-state index is 0.101. The largest absolute Gasteiger partial charge is 0.294 e. The van der Waals surface area contributed by atoms with E-state index in [-0.39, 0.29) is 5.78 Å². The highest BCUT2D eigenvalue weighted by atomic mass is 16.1. The van der Waals surface area contributed by atoms with Gasteiger partial charge < -0.3 is 0 Å². The van der Waals surface area contributed by atoms with Gasteiger partial charge in [0.15, 0.2) is 5.78 Å². The molecule has 0 fully saturated rings. The summed E-state index contributed by atoms with van der Waals surface area (Å²) in [6, 6.07) is 5.96. The number of hydrogen-bond acceptors (Lipinski definition) is 2. The van der Waals surface area contributed by atoms with Gasteiger partial charge in [0.2, 0.25) is 0 Å². The number of rotatable bonds is 1. The van der Waals surface area contributed by atoms with Crippen LogP contribution in [0.4, 0.5) is 0 Å². The van der Waals surface area contributed by atoms with Crippen LogP contribution in [0.25, 0.3) is 10.9 Å². The molecule has 0 atom stereocenters. The van der Waals surface area contributed by atoms with Crippen molar-refractivity contribution in [2.24, 2.45) is 0 Å². The zero-order valence-corrected chi connectivity index (χ0v) is 10.1. The quantitative estimate of drug-likeness (QED) is 0.680. The van der Waals surface area contributed by atoms with Gasteiger partial charge in [0, 0.05) is 16.6 Å². The fourth-order valence-corrected chi connectivity index (χ4v) is 2.05. The second kappa shape index (κ2) is 3.71. The van der Waals surface area contributed by atoms with E-state index in [1.165, 1.54) is 0 Å². The first-order valence-electron chi connectivity index (χ1n) is 5.39. The molecule has 1 heterocycles. The lowest BCUT2D eigenvalue weighted by molar-refractivity contribution is 0.101. The van der Waals surface area contributed by atoms with E-state index in [9.17, 15) is 4.79 Å². The number of hydrogen-bond donors (Lipinski definition) is 0. The number of Topliss-reactive ketones (excluding diaryl/α,β-unsaturated/α-hetero) is 1. The van der Waals surface area contributed by atoms with Crippen molar-refractivity contribution in [2.45, 2.75) is 27.7 Å². The van der Waals surface area contributed by atoms with Crippen LogP contribution in [-0.2, 0) is 0 Å². The number of nitrogens with zero attached hydrogens (tertiary/aromatic N) is 1. The molecule has 0 spiro atoms. The Labute approximate surface area is 95.3 Å². The lowest BCUT2D eigenvalue weighted by Crippen LogP contribution is -2.00. The van der Waals surface area contributed by atoms with Crippen LogP contribution in [0.3, 0.4) is 0 Å². The van der Waals surface area contributed by atoms with Gasteiger partial charge in [0.25, 0.3) is 0 Å². The van der Waals surface area contributed by atoms with Crippen molar-refractivity contribution < 1.29 is 4.79 Å². The summed E-state index contributed by atoms with van der Waals surface area (Å²) in [6.07, 6.45) is 0. The van der Waals surface area contributed by atoms with E-state index in [1.54, 1.807) is 6.92 Å². The molecule has 16 heavy (non-hydrogen) atoms. The Morgan fingerprint density at radius 1 is 1.12 bits per heavy atom. The van der Waals surface area contributed by atoms with Gasteiger partial charge in [0.1, 0.15) is 0 Å². The molecule has 2 rings (SSSR count). The SMILES string of the molecule is CC(=O)c1cc(C)nc2c(C)ccc(C)c12. The summed E-state index contributed by atoms with van der Waals surface area (Å²) in [7, 11) is 0. The lowest BCUT2D eigenvalue weighted by atomic mass is 9.98. The number of benzene rings is 1. The van der Waals surface area contributed by atoms with Crippen molar-refractivity contribution in [2.75, 3.05) is 0 Å². The number of carbonyl (C=O) groups is 1. The zero-order valence-electron chi connectivity index (χ0n) is 10.1. The molecule has 2 heteroatoms. The molecule has 1 aromatic heterocycles. The Morgan fingerprint density at radius 2 is 1.75 bits per heavy atom. The van der Waals surface area contributed by atoms with Gasteiger partial charge in [-0.2, -0.15) is 0 Å². The number of carbonyl (C=O) groups excluding carboxylic acids is 1. The lowest BCUT2D eigenvalue weighted by Gasteiger charge is -2.10. The van der Waals surface area contributed by atoms with Crippen LogP contribution in [0.15, 0.2) is 18.2 Å². The van der Waals surface area contributed by atoms with Crippen LogP contribution in [-0.4, -0.2) is 10.8 Å². The molecule has 1 aromatic carbocycles. The monoisotopic (exact) mass is 213 g/mol. The molecule has 0 radical (unpaired) electrons. The number of aryl methyl sites for hydroxylation is 3. The van der Waals surface area contributed by atoms with Gasteiger partial charge in [-0.3, -0.25) is 9.78 Å². The first-order chi connectivity index (χ1) is 7.50. The molecule has 0 aliphatic carbocycles. The predicted octanol–water partition coefficient (Wildman–Crippen LogP) is 3.36. The maximum absolute atomic E-state index is 11.6. The third-order valence-corrected chi connectivity index (χ3v) is 2.88. The molecule has 0 amide bonds. The van der Waals surface area contributed by atoms with E-state index in [2.05, 4.69) is 4.98 Å². The topological polar surface area (TPSA) is 30.0 Å². The van der Waals surface area contributed by atoms with Crippen molar-refractivity contribution in [3.63, 3.8) is 0 Å². The Morgan fingerprint density at radius 3 is 2.38 bits per heavy atom. The fraction of sp³-hybridized carbons (Fsp3) is 0.286. The minimum absolute atomic E-state index is 0.101. The van der Waals surface area contributed by atoms with Crippen LogP contribution in [0.5, 0.6) is 0 Å². The van der Waals surface area contributed by atoms with E-state index in [0.29, 0.717) is 0 Å². The Bertz CT molecular complexity index is 585. The molecular formula is C14H15NO. The molecular weight excluding hydrogens is 198 g/mol. The highest BCUT2D eigenvalue weighted by Gasteiger charge is 2.11. The smallest absolute Gasteiger partial charge is 0.160 e. The second-order valence-electron chi connectivity index (χ2n) is 4.29. The summed E-state index contributed by atoms with van der Waals surface area (Å²) in [5.74, 6) is 0.101. The molecule has 0 N–H and O–H groups in total. The van der Waals surface area contributed by atoms with Gasteiger partial charge in [-0.1, -0.05) is 12.1 Å². The average Bonchev–Trinajstić information content (AvgIpc) is 2.22. The van der Waals surface area contributed by atoms with Gasteiger partial charge in [-0.05, 0) is 44.9 Å². The van der Waals surface area contributed by atoms with Gasteiger partial charge in [-0.15, -0.1) is 0 Å². The highest BCUT2D eigenvalue weighted by Crippen LogP contribution is 2.25. The Kier molecular flexibility index (Phi) is 2.50. The number of aromatic nitrogens is 1. The summed E-state index contributed by atoms with van der Waals surface area (Å²) >= 11 is 0. The maximum Gasteiger partial charge on any atom is 0.160 e. The summed E-state index contributed by atoms with van der Waals surface area (Å²) < 4.78 is 0. The third kappa shape index (κ3) is 1.60. The van der Waals surface area contributed by atoms with E-state index < -0.39 is 0 Å². The Hall–Kier alpha value is -1.70. The summed E-state index contributed by atoms with van der Waals surface area (Å²) in [5.41, 5.74) is 4.85. The number of pyridine rings is 1. The first kappa shape index (κ1) is 10.8. The molecule has 0 saturated heterocycles. The third-order valence-electron chi connectivity index (χ3n) is 2.88. The molecule has 0 bridgehead atoms. The van der Waals surface area contributed by atoms with E-state index in [1.807, 2.05) is 39.0 Å². The second-order valence-corrected chi connectivity index (χ2v) is 4.29. The van der Waals surface area contributed by atoms with Crippen molar-refractivity contribution in [3.8, 4) is 0 Å². The molecule has 2 aromatic rings. The number of ketones is 1.